The SMILES string of the molecule is CNCc1ccc(-c2c(F)cc(F)cc2F)c(F)c1. The van der Waals surface area contributed by atoms with Gasteiger partial charge in [-0.1, -0.05) is 12.1 Å². The molecule has 0 atom stereocenters. The Kier molecular flexibility index (Phi) is 3.85. The van der Waals surface area contributed by atoms with Crippen molar-refractivity contribution in [3.8, 4) is 11.1 Å². The first-order chi connectivity index (χ1) is 9.02. The second-order valence-corrected chi connectivity index (χ2v) is 4.09. The van der Waals surface area contributed by atoms with Crippen LogP contribution in [0.3, 0.4) is 0 Å². The number of hydrogen-bond acceptors (Lipinski definition) is 1. The maximum absolute atomic E-state index is 13.9. The van der Waals surface area contributed by atoms with Gasteiger partial charge in [0.1, 0.15) is 23.3 Å². The van der Waals surface area contributed by atoms with Crippen LogP contribution in [0.4, 0.5) is 17.6 Å². The summed E-state index contributed by atoms with van der Waals surface area (Å²) >= 11 is 0. The smallest absolute Gasteiger partial charge is 0.136 e. The topological polar surface area (TPSA) is 12.0 Å². The van der Waals surface area contributed by atoms with E-state index in [0.717, 1.165) is 0 Å². The third-order valence-electron chi connectivity index (χ3n) is 2.69. The molecule has 1 N–H and O–H groups in total. The van der Waals surface area contributed by atoms with Gasteiger partial charge in [0.2, 0.25) is 0 Å². The van der Waals surface area contributed by atoms with Crippen molar-refractivity contribution >= 4 is 0 Å². The first-order valence-corrected chi connectivity index (χ1v) is 5.61. The van der Waals surface area contributed by atoms with Crippen LogP contribution in [0.25, 0.3) is 11.1 Å². The van der Waals surface area contributed by atoms with Crippen molar-refractivity contribution in [2.45, 2.75) is 6.54 Å². The van der Waals surface area contributed by atoms with E-state index in [4.69, 9.17) is 0 Å². The minimum atomic E-state index is -1.13. The number of hydrogen-bond donors (Lipinski definition) is 1. The van der Waals surface area contributed by atoms with Crippen LogP contribution >= 0.6 is 0 Å². The highest BCUT2D eigenvalue weighted by Crippen LogP contribution is 2.29. The van der Waals surface area contributed by atoms with Gasteiger partial charge in [0.15, 0.2) is 0 Å². The molecule has 2 aromatic rings. The van der Waals surface area contributed by atoms with Crippen molar-refractivity contribution < 1.29 is 17.6 Å². The normalized spacial score (nSPS) is 10.8. The third-order valence-corrected chi connectivity index (χ3v) is 2.69. The zero-order valence-corrected chi connectivity index (χ0v) is 10.1. The van der Waals surface area contributed by atoms with E-state index in [0.29, 0.717) is 24.2 Å². The van der Waals surface area contributed by atoms with Crippen molar-refractivity contribution in [3.63, 3.8) is 0 Å². The standard InChI is InChI=1S/C14H11F4N/c1-19-7-8-2-3-10(11(16)4-8)14-12(17)5-9(15)6-13(14)18/h2-6,19H,7H2,1H3. The first-order valence-electron chi connectivity index (χ1n) is 5.61. The number of rotatable bonds is 3. The lowest BCUT2D eigenvalue weighted by Crippen LogP contribution is -2.05. The highest BCUT2D eigenvalue weighted by atomic mass is 19.1. The molecule has 0 fully saturated rings. The fourth-order valence-electron chi connectivity index (χ4n) is 1.87. The molecule has 2 rings (SSSR count). The molecule has 0 aliphatic heterocycles. The molecule has 0 saturated carbocycles. The van der Waals surface area contributed by atoms with Crippen molar-refractivity contribution in [2.75, 3.05) is 7.05 Å². The van der Waals surface area contributed by atoms with Crippen molar-refractivity contribution in [3.05, 3.63) is 59.2 Å². The zero-order chi connectivity index (χ0) is 14.0. The summed E-state index contributed by atoms with van der Waals surface area (Å²) in [5.74, 6) is -4.04. The molecule has 1 nitrogen and oxygen atoms in total. The molecule has 19 heavy (non-hydrogen) atoms. The molecule has 0 heterocycles. The Morgan fingerprint density at radius 1 is 0.895 bits per heavy atom. The van der Waals surface area contributed by atoms with E-state index in [-0.39, 0.29) is 5.56 Å². The van der Waals surface area contributed by atoms with Gasteiger partial charge in [-0.15, -0.1) is 0 Å². The number of halogens is 4. The van der Waals surface area contributed by atoms with Crippen molar-refractivity contribution in [1.82, 2.24) is 5.32 Å². The fraction of sp³-hybridized carbons (Fsp3) is 0.143. The van der Waals surface area contributed by atoms with Crippen LogP contribution in [-0.2, 0) is 6.54 Å². The summed E-state index contributed by atoms with van der Waals surface area (Å²) in [6, 6.07) is 5.07. The second kappa shape index (κ2) is 5.40. The highest BCUT2D eigenvalue weighted by Gasteiger charge is 2.17. The van der Waals surface area contributed by atoms with Crippen LogP contribution < -0.4 is 5.32 Å². The lowest BCUT2D eigenvalue weighted by atomic mass is 10.0. The molecule has 2 aromatic carbocycles. The molecular formula is C14H11F4N. The Morgan fingerprint density at radius 3 is 2.05 bits per heavy atom. The van der Waals surface area contributed by atoms with E-state index >= 15 is 0 Å². The van der Waals surface area contributed by atoms with Crippen molar-refractivity contribution in [1.29, 1.82) is 0 Å². The molecule has 0 bridgehead atoms. The molecule has 0 aliphatic carbocycles. The molecule has 5 heteroatoms. The minimum Gasteiger partial charge on any atom is -0.316 e. The molecule has 100 valence electrons. The van der Waals surface area contributed by atoms with E-state index < -0.39 is 28.8 Å². The Labute approximate surface area is 107 Å². The van der Waals surface area contributed by atoms with Crippen molar-refractivity contribution in [2.24, 2.45) is 0 Å². The van der Waals surface area contributed by atoms with Crippen LogP contribution in [0.2, 0.25) is 0 Å². The van der Waals surface area contributed by atoms with Gasteiger partial charge in [0.05, 0.1) is 5.56 Å². The summed E-state index contributed by atoms with van der Waals surface area (Å²) in [4.78, 5) is 0. The fourth-order valence-corrected chi connectivity index (χ4v) is 1.87. The Morgan fingerprint density at radius 2 is 1.53 bits per heavy atom. The Hall–Kier alpha value is -1.88. The van der Waals surface area contributed by atoms with Gasteiger partial charge in [-0.05, 0) is 18.7 Å². The number of nitrogens with one attached hydrogen (secondary N) is 1. The van der Waals surface area contributed by atoms with E-state index in [1.807, 2.05) is 0 Å². The minimum absolute atomic E-state index is 0.227. The first kappa shape index (κ1) is 13.5. The summed E-state index contributed by atoms with van der Waals surface area (Å²) in [5, 5.41) is 2.84. The zero-order valence-electron chi connectivity index (χ0n) is 10.1. The average Bonchev–Trinajstić information content (AvgIpc) is 2.31. The monoisotopic (exact) mass is 269 g/mol. The predicted molar refractivity (Wildman–Crippen MR) is 64.5 cm³/mol. The molecule has 0 spiro atoms. The Balaban J connectivity index is 2.53. The van der Waals surface area contributed by atoms with E-state index in [9.17, 15) is 17.6 Å². The summed E-state index contributed by atoms with van der Waals surface area (Å²) in [6.45, 7) is 0.436. The molecule has 0 radical (unpaired) electrons. The van der Waals surface area contributed by atoms with Gasteiger partial charge < -0.3 is 5.32 Å². The molecule has 0 aliphatic rings. The van der Waals surface area contributed by atoms with Crippen LogP contribution in [0.1, 0.15) is 5.56 Å². The third kappa shape index (κ3) is 2.76. The summed E-state index contributed by atoms with van der Waals surface area (Å²) in [7, 11) is 1.70. The van der Waals surface area contributed by atoms with Gasteiger partial charge in [0.25, 0.3) is 0 Å². The summed E-state index contributed by atoms with van der Waals surface area (Å²) in [5.41, 5.74) is -0.142. The van der Waals surface area contributed by atoms with Gasteiger partial charge in [-0.2, -0.15) is 0 Å². The van der Waals surface area contributed by atoms with E-state index in [2.05, 4.69) is 5.32 Å². The van der Waals surface area contributed by atoms with Crippen LogP contribution in [0.5, 0.6) is 0 Å². The van der Waals surface area contributed by atoms with Gasteiger partial charge >= 0.3 is 0 Å². The summed E-state index contributed by atoms with van der Waals surface area (Å²) < 4.78 is 53.8. The summed E-state index contributed by atoms with van der Waals surface area (Å²) in [6.07, 6.45) is 0. The van der Waals surface area contributed by atoms with E-state index in [1.54, 1.807) is 13.1 Å². The Bertz CT molecular complexity index is 587. The highest BCUT2D eigenvalue weighted by molar-refractivity contribution is 5.66. The molecule has 0 unspecified atom stereocenters. The van der Waals surface area contributed by atoms with Gasteiger partial charge in [0, 0.05) is 24.2 Å². The largest absolute Gasteiger partial charge is 0.316 e. The van der Waals surface area contributed by atoms with Gasteiger partial charge in [-0.25, -0.2) is 17.6 Å². The van der Waals surface area contributed by atoms with E-state index in [1.165, 1.54) is 12.1 Å². The lowest BCUT2D eigenvalue weighted by molar-refractivity contribution is 0.545. The van der Waals surface area contributed by atoms with Crippen LogP contribution in [0.15, 0.2) is 30.3 Å². The van der Waals surface area contributed by atoms with Crippen LogP contribution in [-0.4, -0.2) is 7.05 Å². The second-order valence-electron chi connectivity index (χ2n) is 4.09. The van der Waals surface area contributed by atoms with Crippen LogP contribution in [0, 0.1) is 23.3 Å². The molecule has 0 saturated heterocycles. The molecule has 0 amide bonds. The average molecular weight is 269 g/mol. The quantitative estimate of drug-likeness (QED) is 0.839. The maximum Gasteiger partial charge on any atom is 0.136 e. The molecular weight excluding hydrogens is 258 g/mol. The molecule has 0 aromatic heterocycles. The van der Waals surface area contributed by atoms with Gasteiger partial charge in [-0.3, -0.25) is 0 Å². The predicted octanol–water partition coefficient (Wildman–Crippen LogP) is 3.63. The lowest BCUT2D eigenvalue weighted by Gasteiger charge is -2.08. The maximum atomic E-state index is 13.9. The number of benzene rings is 2.